The fraction of sp³-hybridized carbons (Fsp3) is 0.0278. The second kappa shape index (κ2) is 8.03. The Balaban J connectivity index is 1.53. The second-order valence-corrected chi connectivity index (χ2v) is 9.90. The van der Waals surface area contributed by atoms with E-state index in [1.165, 1.54) is 44.5 Å². The van der Waals surface area contributed by atoms with Crippen LogP contribution in [0.3, 0.4) is 0 Å². The van der Waals surface area contributed by atoms with Crippen LogP contribution >= 0.6 is 0 Å². The summed E-state index contributed by atoms with van der Waals surface area (Å²) in [6.45, 7) is 0. The van der Waals surface area contributed by atoms with Gasteiger partial charge in [-0.2, -0.15) is 0 Å². The first-order valence-corrected chi connectivity index (χ1v) is 13.0. The summed E-state index contributed by atoms with van der Waals surface area (Å²) in [6.07, 6.45) is 3.81. The molecule has 0 N–H and O–H groups in total. The number of benzene rings is 5. The molecule has 2 aromatic heterocycles. The van der Waals surface area contributed by atoms with Gasteiger partial charge in [-0.3, -0.25) is 4.98 Å². The van der Waals surface area contributed by atoms with Crippen LogP contribution in [0.15, 0.2) is 144 Å². The van der Waals surface area contributed by atoms with Crippen molar-refractivity contribution in [2.24, 2.45) is 0 Å². The van der Waals surface area contributed by atoms with Crippen molar-refractivity contribution >= 4 is 21.9 Å². The molecule has 0 saturated carbocycles. The summed E-state index contributed by atoms with van der Waals surface area (Å²) < 4.78 is 6.28. The second-order valence-electron chi connectivity index (χ2n) is 9.90. The number of para-hydroxylation sites is 1. The Morgan fingerprint density at radius 2 is 1.11 bits per heavy atom. The van der Waals surface area contributed by atoms with E-state index in [2.05, 4.69) is 120 Å². The highest BCUT2D eigenvalue weighted by Gasteiger charge is 2.46. The van der Waals surface area contributed by atoms with Gasteiger partial charge in [0.25, 0.3) is 0 Å². The average molecular weight is 486 g/mol. The van der Waals surface area contributed by atoms with Crippen molar-refractivity contribution < 1.29 is 4.42 Å². The molecule has 0 aliphatic heterocycles. The van der Waals surface area contributed by atoms with Gasteiger partial charge in [0.15, 0.2) is 0 Å². The lowest BCUT2D eigenvalue weighted by Gasteiger charge is -2.33. The van der Waals surface area contributed by atoms with E-state index in [0.29, 0.717) is 0 Å². The predicted octanol–water partition coefficient (Wildman–Crippen LogP) is 9.01. The Morgan fingerprint density at radius 3 is 2.00 bits per heavy atom. The summed E-state index contributed by atoms with van der Waals surface area (Å²) in [4.78, 5) is 4.37. The van der Waals surface area contributed by atoms with Crippen molar-refractivity contribution in [1.82, 2.24) is 4.98 Å². The van der Waals surface area contributed by atoms with Gasteiger partial charge in [-0.25, -0.2) is 0 Å². The molecule has 0 radical (unpaired) electrons. The van der Waals surface area contributed by atoms with Crippen LogP contribution in [0.4, 0.5) is 0 Å². The molecule has 38 heavy (non-hydrogen) atoms. The van der Waals surface area contributed by atoms with Gasteiger partial charge in [0.05, 0.1) is 5.41 Å². The van der Waals surface area contributed by atoms with E-state index in [9.17, 15) is 0 Å². The molecule has 1 aliphatic carbocycles. The number of rotatable bonds is 3. The number of furan rings is 1. The third-order valence-corrected chi connectivity index (χ3v) is 8.08. The van der Waals surface area contributed by atoms with Crippen LogP contribution in [-0.2, 0) is 5.41 Å². The monoisotopic (exact) mass is 485 g/mol. The molecule has 1 unspecified atom stereocenters. The van der Waals surface area contributed by atoms with Crippen LogP contribution in [-0.4, -0.2) is 4.98 Å². The largest absolute Gasteiger partial charge is 0.456 e. The summed E-state index contributed by atoms with van der Waals surface area (Å²) in [5.74, 6) is 0. The normalized spacial score (nSPS) is 16.0. The van der Waals surface area contributed by atoms with Gasteiger partial charge in [-0.15, -0.1) is 0 Å². The van der Waals surface area contributed by atoms with Crippen LogP contribution in [0.5, 0.6) is 0 Å². The summed E-state index contributed by atoms with van der Waals surface area (Å²) in [7, 11) is 0. The zero-order valence-electron chi connectivity index (χ0n) is 20.6. The lowest BCUT2D eigenvalue weighted by atomic mass is 9.68. The zero-order valence-corrected chi connectivity index (χ0v) is 20.6. The number of nitrogens with zero attached hydrogens (tertiary/aromatic N) is 1. The van der Waals surface area contributed by atoms with E-state index in [0.717, 1.165) is 21.9 Å². The maximum Gasteiger partial charge on any atom is 0.136 e. The Morgan fingerprint density at radius 1 is 0.474 bits per heavy atom. The highest BCUT2D eigenvalue weighted by Crippen LogP contribution is 2.58. The minimum Gasteiger partial charge on any atom is -0.456 e. The number of pyridine rings is 1. The van der Waals surface area contributed by atoms with E-state index >= 15 is 0 Å². The Labute approximate surface area is 220 Å². The minimum absolute atomic E-state index is 0.446. The number of hydrogen-bond acceptors (Lipinski definition) is 2. The smallest absolute Gasteiger partial charge is 0.136 e. The summed E-state index contributed by atoms with van der Waals surface area (Å²) in [5.41, 5.74) is 11.4. The molecule has 2 heteroatoms. The highest BCUT2D eigenvalue weighted by molar-refractivity contribution is 6.14. The molecule has 0 saturated heterocycles. The highest BCUT2D eigenvalue weighted by atomic mass is 16.3. The number of aromatic nitrogens is 1. The summed E-state index contributed by atoms with van der Waals surface area (Å²) >= 11 is 0. The van der Waals surface area contributed by atoms with Crippen LogP contribution < -0.4 is 0 Å². The quantitative estimate of drug-likeness (QED) is 0.249. The molecule has 8 rings (SSSR count). The van der Waals surface area contributed by atoms with E-state index in [4.69, 9.17) is 4.42 Å². The molecule has 0 spiro atoms. The summed E-state index contributed by atoms with van der Waals surface area (Å²) in [6, 6.07) is 45.6. The van der Waals surface area contributed by atoms with E-state index in [1.54, 1.807) is 0 Å². The molecule has 7 aromatic rings. The lowest BCUT2D eigenvalue weighted by molar-refractivity contribution is 0.669. The number of hydrogen-bond donors (Lipinski definition) is 0. The van der Waals surface area contributed by atoms with Gasteiger partial charge in [-0.05, 0) is 68.8 Å². The van der Waals surface area contributed by atoms with E-state index in [1.807, 2.05) is 24.5 Å². The lowest BCUT2D eigenvalue weighted by Crippen LogP contribution is -2.28. The molecule has 1 atom stereocenters. The third-order valence-electron chi connectivity index (χ3n) is 8.08. The Hall–Kier alpha value is -4.95. The van der Waals surface area contributed by atoms with Gasteiger partial charge >= 0.3 is 0 Å². The van der Waals surface area contributed by atoms with Gasteiger partial charge in [0.1, 0.15) is 11.2 Å². The van der Waals surface area contributed by atoms with Gasteiger partial charge < -0.3 is 4.42 Å². The van der Waals surface area contributed by atoms with E-state index in [-0.39, 0.29) is 0 Å². The van der Waals surface area contributed by atoms with Crippen molar-refractivity contribution in [3.05, 3.63) is 162 Å². The molecule has 0 bridgehead atoms. The predicted molar refractivity (Wildman–Crippen MR) is 154 cm³/mol. The molecule has 2 heterocycles. The first-order valence-electron chi connectivity index (χ1n) is 13.0. The molecule has 0 fully saturated rings. The summed E-state index contributed by atoms with van der Waals surface area (Å²) in [5, 5.41) is 2.31. The fourth-order valence-electron chi connectivity index (χ4n) is 6.63. The van der Waals surface area contributed by atoms with E-state index < -0.39 is 5.41 Å². The molecular weight excluding hydrogens is 462 g/mol. The van der Waals surface area contributed by atoms with Gasteiger partial charge in [0, 0.05) is 23.2 Å². The molecular formula is C36H23NO. The first kappa shape index (κ1) is 21.2. The molecule has 1 aliphatic rings. The van der Waals surface area contributed by atoms with Crippen molar-refractivity contribution in [1.29, 1.82) is 0 Å². The molecule has 0 amide bonds. The maximum absolute atomic E-state index is 6.28. The molecule has 178 valence electrons. The average Bonchev–Trinajstić information content (AvgIpc) is 3.52. The van der Waals surface area contributed by atoms with Crippen molar-refractivity contribution in [2.45, 2.75) is 5.41 Å². The maximum atomic E-state index is 6.28. The van der Waals surface area contributed by atoms with Crippen molar-refractivity contribution in [3.8, 4) is 22.3 Å². The Kier molecular flexibility index (Phi) is 4.47. The molecule has 2 nitrogen and oxygen atoms in total. The topological polar surface area (TPSA) is 26.0 Å². The molecule has 5 aromatic carbocycles. The fourth-order valence-corrected chi connectivity index (χ4v) is 6.63. The minimum atomic E-state index is -0.446. The zero-order chi connectivity index (χ0) is 25.1. The third kappa shape index (κ3) is 2.75. The van der Waals surface area contributed by atoms with Gasteiger partial charge in [-0.1, -0.05) is 103 Å². The Bertz CT molecular complexity index is 1930. The standard InChI is InChI=1S/C36H23NO/c1-2-10-24(11-3-1)36(25-20-22-37-23-21-25)30-16-6-4-12-28(30)34-26(14-8-17-31(34)36)27-15-9-19-33-35(27)29-13-5-7-18-32(29)38-33/h1-23H. The van der Waals surface area contributed by atoms with Crippen LogP contribution in [0.2, 0.25) is 0 Å². The van der Waals surface area contributed by atoms with Gasteiger partial charge in [0.2, 0.25) is 0 Å². The van der Waals surface area contributed by atoms with Crippen LogP contribution in [0.1, 0.15) is 22.3 Å². The van der Waals surface area contributed by atoms with Crippen molar-refractivity contribution in [3.63, 3.8) is 0 Å². The van der Waals surface area contributed by atoms with Crippen molar-refractivity contribution in [2.75, 3.05) is 0 Å². The van der Waals surface area contributed by atoms with Crippen LogP contribution in [0.25, 0.3) is 44.2 Å². The SMILES string of the molecule is c1ccc(C2(c3ccncc3)c3ccccc3-c3c(-c4cccc5oc6ccccc6c45)cccc32)cc1. The first-order chi connectivity index (χ1) is 18.9. The van der Waals surface area contributed by atoms with Crippen LogP contribution in [0, 0.1) is 0 Å². The number of fused-ring (bicyclic) bond motifs is 6.